The maximum Gasteiger partial charge on any atom is 0.0570 e. The minimum absolute atomic E-state index is 0.362. The summed E-state index contributed by atoms with van der Waals surface area (Å²) in [6.07, 6.45) is 9.21. The van der Waals surface area contributed by atoms with Crippen molar-refractivity contribution in [3.63, 3.8) is 0 Å². The number of nitrogens with one attached hydrogen (secondary N) is 1. The Balaban J connectivity index is 1.61. The molecule has 2 aliphatic carbocycles. The largest absolute Gasteiger partial charge is 0.305 e. The van der Waals surface area contributed by atoms with Crippen molar-refractivity contribution in [2.24, 2.45) is 11.8 Å². The van der Waals surface area contributed by atoms with E-state index in [2.05, 4.69) is 41.5 Å². The van der Waals surface area contributed by atoms with Crippen LogP contribution in [-0.2, 0) is 0 Å². The van der Waals surface area contributed by atoms with Crippen molar-refractivity contribution in [2.45, 2.75) is 31.8 Å². The van der Waals surface area contributed by atoms with Gasteiger partial charge in [0.15, 0.2) is 0 Å². The molecule has 3 rings (SSSR count). The van der Waals surface area contributed by atoms with Crippen LogP contribution in [0, 0.1) is 11.8 Å². The van der Waals surface area contributed by atoms with Crippen LogP contribution in [0.15, 0.2) is 36.5 Å². The highest BCUT2D eigenvalue weighted by atomic mass is 15.0. The fourth-order valence-electron chi connectivity index (χ4n) is 2.95. The van der Waals surface area contributed by atoms with Crippen molar-refractivity contribution in [1.82, 2.24) is 10.3 Å². The highest BCUT2D eigenvalue weighted by molar-refractivity contribution is 5.15. The molecule has 1 heterocycles. The number of hydrogen-bond acceptors (Lipinski definition) is 2. The van der Waals surface area contributed by atoms with E-state index in [-0.39, 0.29) is 0 Å². The highest BCUT2D eigenvalue weighted by Crippen LogP contribution is 2.43. The molecule has 0 aromatic carbocycles. The molecular formula is C14H18N2. The van der Waals surface area contributed by atoms with Gasteiger partial charge in [-0.1, -0.05) is 18.2 Å². The van der Waals surface area contributed by atoms with Gasteiger partial charge in [-0.15, -0.1) is 0 Å². The maximum absolute atomic E-state index is 4.40. The number of hydrogen-bond donors (Lipinski definition) is 1. The number of nitrogens with zero attached hydrogens (tertiary/aromatic N) is 1. The van der Waals surface area contributed by atoms with Gasteiger partial charge in [0.05, 0.1) is 5.69 Å². The van der Waals surface area contributed by atoms with Crippen molar-refractivity contribution < 1.29 is 0 Å². The van der Waals surface area contributed by atoms with Crippen LogP contribution in [0.4, 0.5) is 0 Å². The molecule has 2 aliphatic rings. The van der Waals surface area contributed by atoms with Gasteiger partial charge in [-0.2, -0.15) is 0 Å². The summed E-state index contributed by atoms with van der Waals surface area (Å²) in [6, 6.07) is 7.15. The first-order valence-electron chi connectivity index (χ1n) is 6.18. The van der Waals surface area contributed by atoms with Gasteiger partial charge in [0.25, 0.3) is 0 Å². The summed E-state index contributed by atoms with van der Waals surface area (Å²) in [4.78, 5) is 4.40. The van der Waals surface area contributed by atoms with Gasteiger partial charge in [-0.05, 0) is 43.7 Å². The predicted molar refractivity (Wildman–Crippen MR) is 64.9 cm³/mol. The van der Waals surface area contributed by atoms with E-state index < -0.39 is 0 Å². The van der Waals surface area contributed by atoms with E-state index in [1.165, 1.54) is 12.8 Å². The Labute approximate surface area is 96.8 Å². The maximum atomic E-state index is 4.40. The van der Waals surface area contributed by atoms with Crippen molar-refractivity contribution in [2.75, 3.05) is 0 Å². The average molecular weight is 214 g/mol. The van der Waals surface area contributed by atoms with Crippen LogP contribution in [-0.4, -0.2) is 11.0 Å². The number of pyridine rings is 1. The zero-order valence-corrected chi connectivity index (χ0v) is 9.63. The van der Waals surface area contributed by atoms with E-state index in [9.17, 15) is 0 Å². The number of allylic oxidation sites excluding steroid dienone is 1. The zero-order valence-electron chi connectivity index (χ0n) is 9.63. The molecule has 0 amide bonds. The average Bonchev–Trinajstić information content (AvgIpc) is 2.68. The Morgan fingerprint density at radius 1 is 1.44 bits per heavy atom. The van der Waals surface area contributed by atoms with E-state index in [4.69, 9.17) is 0 Å². The first-order chi connectivity index (χ1) is 7.84. The van der Waals surface area contributed by atoms with Gasteiger partial charge in [-0.25, -0.2) is 0 Å². The Bertz CT molecular complexity index is 385. The summed E-state index contributed by atoms with van der Waals surface area (Å²) in [7, 11) is 0. The summed E-state index contributed by atoms with van der Waals surface area (Å²) >= 11 is 0. The minimum atomic E-state index is 0.362. The number of aromatic nitrogens is 1. The van der Waals surface area contributed by atoms with Crippen LogP contribution in [0.3, 0.4) is 0 Å². The van der Waals surface area contributed by atoms with Gasteiger partial charge in [-0.3, -0.25) is 4.98 Å². The fraction of sp³-hybridized carbons (Fsp3) is 0.500. The van der Waals surface area contributed by atoms with Crippen molar-refractivity contribution in [3.05, 3.63) is 42.2 Å². The van der Waals surface area contributed by atoms with E-state index in [0.717, 1.165) is 17.5 Å². The van der Waals surface area contributed by atoms with Crippen LogP contribution in [0.25, 0.3) is 0 Å². The molecule has 2 heteroatoms. The van der Waals surface area contributed by atoms with Gasteiger partial charge >= 0.3 is 0 Å². The van der Waals surface area contributed by atoms with E-state index in [0.29, 0.717) is 12.1 Å². The molecule has 84 valence electrons. The highest BCUT2D eigenvalue weighted by Gasteiger charge is 2.41. The van der Waals surface area contributed by atoms with E-state index in [1.807, 2.05) is 12.3 Å². The third-order valence-corrected chi connectivity index (χ3v) is 3.96. The zero-order chi connectivity index (χ0) is 11.0. The number of rotatable bonds is 3. The molecule has 0 bridgehead atoms. The molecule has 1 aromatic heterocycles. The molecule has 2 nitrogen and oxygen atoms in total. The van der Waals surface area contributed by atoms with E-state index >= 15 is 0 Å². The molecule has 16 heavy (non-hydrogen) atoms. The van der Waals surface area contributed by atoms with Crippen LogP contribution in [0.1, 0.15) is 31.5 Å². The minimum Gasteiger partial charge on any atom is -0.305 e. The summed E-state index contributed by atoms with van der Waals surface area (Å²) in [5, 5.41) is 3.69. The lowest BCUT2D eigenvalue weighted by Crippen LogP contribution is -2.48. The topological polar surface area (TPSA) is 24.9 Å². The normalized spacial score (nSPS) is 33.2. The second kappa shape index (κ2) is 4.02. The molecule has 0 saturated heterocycles. The second-order valence-electron chi connectivity index (χ2n) is 4.99. The summed E-state index contributed by atoms with van der Waals surface area (Å²) in [5.74, 6) is 1.71. The summed E-state index contributed by atoms with van der Waals surface area (Å²) in [5.41, 5.74) is 1.15. The van der Waals surface area contributed by atoms with Crippen LogP contribution >= 0.6 is 0 Å². The molecule has 0 radical (unpaired) electrons. The Kier molecular flexibility index (Phi) is 2.52. The molecule has 4 atom stereocenters. The smallest absolute Gasteiger partial charge is 0.0570 e. The van der Waals surface area contributed by atoms with Crippen LogP contribution in [0.5, 0.6) is 0 Å². The predicted octanol–water partition coefficient (Wildman–Crippen LogP) is 2.70. The molecule has 1 saturated carbocycles. The third kappa shape index (κ3) is 1.67. The Morgan fingerprint density at radius 3 is 3.12 bits per heavy atom. The molecule has 0 spiro atoms. The molecule has 1 N–H and O–H groups in total. The van der Waals surface area contributed by atoms with Crippen molar-refractivity contribution in [1.29, 1.82) is 0 Å². The lowest BCUT2D eigenvalue weighted by molar-refractivity contribution is 0.152. The summed E-state index contributed by atoms with van der Waals surface area (Å²) in [6.45, 7) is 2.20. The fourth-order valence-corrected chi connectivity index (χ4v) is 2.95. The van der Waals surface area contributed by atoms with Crippen LogP contribution < -0.4 is 5.32 Å². The summed E-state index contributed by atoms with van der Waals surface area (Å²) < 4.78 is 0. The monoisotopic (exact) mass is 214 g/mol. The van der Waals surface area contributed by atoms with Crippen molar-refractivity contribution >= 4 is 0 Å². The van der Waals surface area contributed by atoms with E-state index in [1.54, 1.807) is 0 Å². The van der Waals surface area contributed by atoms with Crippen LogP contribution in [0.2, 0.25) is 0 Å². The number of fused-ring (bicyclic) bond motifs is 1. The van der Waals surface area contributed by atoms with Crippen molar-refractivity contribution in [3.8, 4) is 0 Å². The molecular weight excluding hydrogens is 196 g/mol. The Morgan fingerprint density at radius 2 is 2.38 bits per heavy atom. The standard InChI is InChI=1S/C14H18N2/c1-10(13-7-2-3-8-15-13)16-14-9-11-5-4-6-12(11)14/h2-4,6-8,10-12,14,16H,5,9H2,1H3/t10-,11?,12?,14?/m1/s1. The van der Waals surface area contributed by atoms with Gasteiger partial charge < -0.3 is 5.32 Å². The molecule has 1 fully saturated rings. The SMILES string of the molecule is C[C@@H](NC1CC2CC=CC21)c1ccccn1. The lowest BCUT2D eigenvalue weighted by atomic mass is 9.71. The third-order valence-electron chi connectivity index (χ3n) is 3.96. The van der Waals surface area contributed by atoms with Gasteiger partial charge in [0.2, 0.25) is 0 Å². The quantitative estimate of drug-likeness (QED) is 0.782. The van der Waals surface area contributed by atoms with Gasteiger partial charge in [0, 0.05) is 18.3 Å². The molecule has 3 unspecified atom stereocenters. The first kappa shape index (κ1) is 10.0. The lowest BCUT2D eigenvalue weighted by Gasteiger charge is -2.42. The molecule has 1 aromatic rings. The van der Waals surface area contributed by atoms with Gasteiger partial charge in [0.1, 0.15) is 0 Å². The first-order valence-corrected chi connectivity index (χ1v) is 6.18. The molecule has 0 aliphatic heterocycles. The Hall–Kier alpha value is -1.15. The second-order valence-corrected chi connectivity index (χ2v) is 4.99.